The van der Waals surface area contributed by atoms with Crippen molar-refractivity contribution in [1.82, 2.24) is 14.8 Å². The van der Waals surface area contributed by atoms with E-state index < -0.39 is 12.3 Å². The number of benzene rings is 1. The predicted molar refractivity (Wildman–Crippen MR) is 68.7 cm³/mol. The van der Waals surface area contributed by atoms with Gasteiger partial charge in [0.2, 0.25) is 5.82 Å². The normalized spacial score (nSPS) is 11.3. The minimum atomic E-state index is -4.76. The predicted octanol–water partition coefficient (Wildman–Crippen LogP) is 2.65. The van der Waals surface area contributed by atoms with Crippen molar-refractivity contribution >= 4 is 5.97 Å². The Balaban J connectivity index is 2.30. The van der Waals surface area contributed by atoms with Crippen molar-refractivity contribution in [3.05, 3.63) is 35.9 Å². The Kier molecular flexibility index (Phi) is 4.34. The summed E-state index contributed by atoms with van der Waals surface area (Å²) in [5, 5.41) is 4.03. The summed E-state index contributed by atoms with van der Waals surface area (Å²) in [5.41, 5.74) is 0.359. The van der Waals surface area contributed by atoms with Crippen molar-refractivity contribution in [2.24, 2.45) is 0 Å². The van der Waals surface area contributed by atoms with Crippen LogP contribution in [0.3, 0.4) is 0 Å². The summed E-state index contributed by atoms with van der Waals surface area (Å²) in [7, 11) is 0. The van der Waals surface area contributed by atoms with E-state index in [1.165, 1.54) is 16.8 Å². The number of alkyl halides is 3. The monoisotopic (exact) mass is 315 g/mol. The molecular weight excluding hydrogens is 303 g/mol. The van der Waals surface area contributed by atoms with E-state index in [0.29, 0.717) is 11.5 Å². The van der Waals surface area contributed by atoms with Crippen LogP contribution in [0.4, 0.5) is 13.2 Å². The van der Waals surface area contributed by atoms with Gasteiger partial charge in [-0.05, 0) is 38.1 Å². The molecule has 1 aromatic heterocycles. The smallest absolute Gasteiger partial charge is 0.460 e. The summed E-state index contributed by atoms with van der Waals surface area (Å²) in [5.74, 6) is -0.757. The Morgan fingerprint density at radius 2 is 1.91 bits per heavy atom. The summed E-state index contributed by atoms with van der Waals surface area (Å²) >= 11 is 0. The molecule has 0 spiro atoms. The van der Waals surface area contributed by atoms with Crippen LogP contribution in [0.2, 0.25) is 0 Å². The molecule has 1 heterocycles. The zero-order valence-corrected chi connectivity index (χ0v) is 11.7. The van der Waals surface area contributed by atoms with Crippen LogP contribution in [0, 0.1) is 6.92 Å². The van der Waals surface area contributed by atoms with E-state index in [1.54, 1.807) is 13.8 Å². The minimum Gasteiger partial charge on any atom is -0.460 e. The number of carbonyl (C=O) groups excluding carboxylic acids is 1. The lowest BCUT2D eigenvalue weighted by molar-refractivity contribution is -0.274. The summed E-state index contributed by atoms with van der Waals surface area (Å²) in [4.78, 5) is 15.7. The van der Waals surface area contributed by atoms with Crippen molar-refractivity contribution in [3.63, 3.8) is 0 Å². The zero-order valence-electron chi connectivity index (χ0n) is 11.7. The van der Waals surface area contributed by atoms with Crippen LogP contribution in [-0.2, 0) is 4.74 Å². The molecule has 22 heavy (non-hydrogen) atoms. The average molecular weight is 315 g/mol. The molecule has 2 rings (SSSR count). The van der Waals surface area contributed by atoms with E-state index >= 15 is 0 Å². The molecule has 0 N–H and O–H groups in total. The van der Waals surface area contributed by atoms with Gasteiger partial charge in [-0.3, -0.25) is 0 Å². The number of hydrogen-bond acceptors (Lipinski definition) is 5. The van der Waals surface area contributed by atoms with Crippen LogP contribution in [0.25, 0.3) is 5.69 Å². The third-order valence-electron chi connectivity index (χ3n) is 2.49. The number of ether oxygens (including phenoxy) is 2. The standard InChI is InChI=1S/C13H12F3N3O3/c1-3-21-12(20)11-17-8(2)18-19(11)9-4-6-10(7-5-9)22-13(14,15)16/h4-7H,3H2,1-2H3. The first-order valence-corrected chi connectivity index (χ1v) is 6.27. The van der Waals surface area contributed by atoms with Gasteiger partial charge in [0.1, 0.15) is 11.6 Å². The maximum atomic E-state index is 12.1. The van der Waals surface area contributed by atoms with Gasteiger partial charge in [0.05, 0.1) is 12.3 Å². The highest BCUT2D eigenvalue weighted by atomic mass is 19.4. The number of halogens is 3. The molecule has 2 aromatic rings. The van der Waals surface area contributed by atoms with Gasteiger partial charge in [-0.25, -0.2) is 14.5 Å². The molecule has 0 unspecified atom stereocenters. The van der Waals surface area contributed by atoms with Gasteiger partial charge < -0.3 is 9.47 Å². The lowest BCUT2D eigenvalue weighted by Gasteiger charge is -2.10. The molecule has 0 fully saturated rings. The quantitative estimate of drug-likeness (QED) is 0.812. The Hall–Kier alpha value is -2.58. The molecule has 0 aliphatic carbocycles. The van der Waals surface area contributed by atoms with Gasteiger partial charge in [-0.1, -0.05) is 0 Å². The highest BCUT2D eigenvalue weighted by Crippen LogP contribution is 2.23. The lowest BCUT2D eigenvalue weighted by Crippen LogP contribution is -2.17. The maximum absolute atomic E-state index is 12.1. The Morgan fingerprint density at radius 1 is 1.27 bits per heavy atom. The van der Waals surface area contributed by atoms with Crippen LogP contribution in [0.1, 0.15) is 23.4 Å². The fourth-order valence-corrected chi connectivity index (χ4v) is 1.71. The Labute approximate surface area is 123 Å². The topological polar surface area (TPSA) is 66.2 Å². The van der Waals surface area contributed by atoms with Crippen molar-refractivity contribution in [3.8, 4) is 11.4 Å². The Bertz CT molecular complexity index is 665. The SMILES string of the molecule is CCOC(=O)c1nc(C)nn1-c1ccc(OC(F)(F)F)cc1. The second-order valence-corrected chi connectivity index (χ2v) is 4.16. The van der Waals surface area contributed by atoms with E-state index in [1.807, 2.05) is 0 Å². The highest BCUT2D eigenvalue weighted by molar-refractivity contribution is 5.86. The van der Waals surface area contributed by atoms with Gasteiger partial charge in [-0.2, -0.15) is 5.10 Å². The molecule has 0 radical (unpaired) electrons. The van der Waals surface area contributed by atoms with E-state index in [2.05, 4.69) is 14.8 Å². The molecule has 1 aromatic carbocycles. The molecule has 0 aliphatic heterocycles. The van der Waals surface area contributed by atoms with Gasteiger partial charge >= 0.3 is 12.3 Å². The van der Waals surface area contributed by atoms with Crippen molar-refractivity contribution < 1.29 is 27.4 Å². The van der Waals surface area contributed by atoms with Gasteiger partial charge in [0.25, 0.3) is 0 Å². The summed E-state index contributed by atoms with van der Waals surface area (Å²) in [6.45, 7) is 3.40. The maximum Gasteiger partial charge on any atom is 0.573 e. The van der Waals surface area contributed by atoms with E-state index in [-0.39, 0.29) is 18.2 Å². The second kappa shape index (κ2) is 6.04. The van der Waals surface area contributed by atoms with E-state index in [4.69, 9.17) is 4.74 Å². The van der Waals surface area contributed by atoms with Crippen LogP contribution in [-0.4, -0.2) is 33.7 Å². The molecule has 9 heteroatoms. The molecule has 0 bridgehead atoms. The molecule has 118 valence electrons. The van der Waals surface area contributed by atoms with Crippen LogP contribution >= 0.6 is 0 Å². The summed E-state index contributed by atoms with van der Waals surface area (Å²) < 4.78 is 46.2. The number of rotatable bonds is 4. The van der Waals surface area contributed by atoms with E-state index in [9.17, 15) is 18.0 Å². The second-order valence-electron chi connectivity index (χ2n) is 4.16. The first kappa shape index (κ1) is 15.8. The molecule has 0 saturated heterocycles. The van der Waals surface area contributed by atoms with Gasteiger partial charge in [0, 0.05) is 0 Å². The molecule has 0 amide bonds. The molecule has 0 saturated carbocycles. The highest BCUT2D eigenvalue weighted by Gasteiger charge is 2.31. The summed E-state index contributed by atoms with van der Waals surface area (Å²) in [6, 6.07) is 4.90. The van der Waals surface area contributed by atoms with Crippen molar-refractivity contribution in [2.75, 3.05) is 6.61 Å². The first-order valence-electron chi connectivity index (χ1n) is 6.27. The van der Waals surface area contributed by atoms with Crippen LogP contribution in [0.5, 0.6) is 5.75 Å². The fourth-order valence-electron chi connectivity index (χ4n) is 1.71. The summed E-state index contributed by atoms with van der Waals surface area (Å²) in [6.07, 6.45) is -4.76. The van der Waals surface area contributed by atoms with Crippen LogP contribution < -0.4 is 4.74 Å². The third kappa shape index (κ3) is 3.74. The van der Waals surface area contributed by atoms with E-state index in [0.717, 1.165) is 12.1 Å². The Morgan fingerprint density at radius 3 is 2.45 bits per heavy atom. The lowest BCUT2D eigenvalue weighted by atomic mass is 10.3. The van der Waals surface area contributed by atoms with Crippen molar-refractivity contribution in [1.29, 1.82) is 0 Å². The minimum absolute atomic E-state index is 0.0520. The van der Waals surface area contributed by atoms with Gasteiger partial charge in [0.15, 0.2) is 0 Å². The molecule has 6 nitrogen and oxygen atoms in total. The number of hydrogen-bond donors (Lipinski definition) is 0. The number of esters is 1. The number of aromatic nitrogens is 3. The fraction of sp³-hybridized carbons (Fsp3) is 0.308. The number of aryl methyl sites for hydroxylation is 1. The largest absolute Gasteiger partial charge is 0.573 e. The first-order chi connectivity index (χ1) is 10.3. The molecular formula is C13H12F3N3O3. The zero-order chi connectivity index (χ0) is 16.3. The number of carbonyl (C=O) groups is 1. The van der Waals surface area contributed by atoms with Gasteiger partial charge in [-0.15, -0.1) is 13.2 Å². The van der Waals surface area contributed by atoms with Crippen molar-refractivity contribution in [2.45, 2.75) is 20.2 Å². The third-order valence-corrected chi connectivity index (χ3v) is 2.49. The molecule has 0 atom stereocenters. The van der Waals surface area contributed by atoms with Crippen LogP contribution in [0.15, 0.2) is 24.3 Å². The average Bonchev–Trinajstić information content (AvgIpc) is 2.80. The number of nitrogens with zero attached hydrogens (tertiary/aromatic N) is 3. The molecule has 0 aliphatic rings.